The van der Waals surface area contributed by atoms with Gasteiger partial charge in [0, 0.05) is 13.7 Å². The fourth-order valence-electron chi connectivity index (χ4n) is 1.66. The summed E-state index contributed by atoms with van der Waals surface area (Å²) in [7, 11) is 1.46. The van der Waals surface area contributed by atoms with E-state index in [-0.39, 0.29) is 13.2 Å². The van der Waals surface area contributed by atoms with Crippen LogP contribution in [0.5, 0.6) is 5.75 Å². The third-order valence-electron chi connectivity index (χ3n) is 2.68. The van der Waals surface area contributed by atoms with Gasteiger partial charge in [0.05, 0.1) is 6.61 Å². The summed E-state index contributed by atoms with van der Waals surface area (Å²) in [4.78, 5) is 24.1. The highest BCUT2D eigenvalue weighted by Crippen LogP contribution is 2.14. The van der Waals surface area contributed by atoms with Gasteiger partial charge in [-0.05, 0) is 31.2 Å². The van der Waals surface area contributed by atoms with Crippen LogP contribution in [0.3, 0.4) is 0 Å². The van der Waals surface area contributed by atoms with Gasteiger partial charge in [0.2, 0.25) is 0 Å². The maximum Gasteiger partial charge on any atom is 0.323 e. The highest BCUT2D eigenvalue weighted by Gasteiger charge is 2.23. The minimum absolute atomic E-state index is 0.152. The number of methoxy groups -OCH3 is 1. The van der Waals surface area contributed by atoms with Crippen LogP contribution in [-0.4, -0.2) is 54.8 Å². The molecule has 1 aromatic carbocycles. The van der Waals surface area contributed by atoms with Crippen LogP contribution in [0.25, 0.3) is 0 Å². The van der Waals surface area contributed by atoms with Crippen molar-refractivity contribution in [1.29, 1.82) is 0 Å². The van der Waals surface area contributed by atoms with Crippen molar-refractivity contribution in [1.82, 2.24) is 4.90 Å². The Labute approximate surface area is 122 Å². The quantitative estimate of drug-likeness (QED) is 0.779. The van der Waals surface area contributed by atoms with Gasteiger partial charge in [-0.25, -0.2) is 4.39 Å². The zero-order valence-electron chi connectivity index (χ0n) is 11.9. The lowest BCUT2D eigenvalue weighted by molar-refractivity contribution is -0.148. The van der Waals surface area contributed by atoms with Gasteiger partial charge < -0.3 is 19.5 Å². The van der Waals surface area contributed by atoms with E-state index in [1.165, 1.54) is 38.3 Å². The molecule has 0 aromatic heterocycles. The molecular weight excluding hydrogens is 281 g/mol. The summed E-state index contributed by atoms with van der Waals surface area (Å²) < 4.78 is 23.0. The fourth-order valence-corrected chi connectivity index (χ4v) is 1.66. The summed E-state index contributed by atoms with van der Waals surface area (Å²) in [5.41, 5.74) is 0. The van der Waals surface area contributed by atoms with Crippen LogP contribution < -0.4 is 4.74 Å². The largest absolute Gasteiger partial charge is 0.481 e. The average Bonchev–Trinajstić information content (AvgIpc) is 2.44. The van der Waals surface area contributed by atoms with Crippen LogP contribution >= 0.6 is 0 Å². The summed E-state index contributed by atoms with van der Waals surface area (Å²) in [6.07, 6.45) is -0.883. The van der Waals surface area contributed by atoms with E-state index in [1.54, 1.807) is 0 Å². The summed E-state index contributed by atoms with van der Waals surface area (Å²) in [5, 5.41) is 8.82. The number of benzene rings is 1. The second-order valence-electron chi connectivity index (χ2n) is 4.36. The van der Waals surface area contributed by atoms with Crippen molar-refractivity contribution in [2.75, 3.05) is 26.8 Å². The molecule has 0 aliphatic heterocycles. The first-order chi connectivity index (χ1) is 9.93. The van der Waals surface area contributed by atoms with Gasteiger partial charge in [-0.15, -0.1) is 0 Å². The minimum atomic E-state index is -1.12. The Morgan fingerprint density at radius 2 is 1.95 bits per heavy atom. The lowest BCUT2D eigenvalue weighted by atomic mass is 10.3. The summed E-state index contributed by atoms with van der Waals surface area (Å²) in [6.45, 7) is 1.45. The molecule has 0 aliphatic carbocycles. The second kappa shape index (κ2) is 8.21. The molecule has 0 saturated carbocycles. The van der Waals surface area contributed by atoms with Crippen LogP contribution in [0.4, 0.5) is 4.39 Å². The Hall–Kier alpha value is -2.15. The monoisotopic (exact) mass is 299 g/mol. The van der Waals surface area contributed by atoms with Gasteiger partial charge >= 0.3 is 5.97 Å². The first-order valence-electron chi connectivity index (χ1n) is 6.35. The SMILES string of the molecule is COCCN(CC(=O)O)C(=O)C(C)Oc1ccc(F)cc1. The van der Waals surface area contributed by atoms with Crippen molar-refractivity contribution < 1.29 is 28.6 Å². The maximum atomic E-state index is 12.8. The third-order valence-corrected chi connectivity index (χ3v) is 2.68. The lowest BCUT2D eigenvalue weighted by Gasteiger charge is -2.24. The van der Waals surface area contributed by atoms with E-state index < -0.39 is 30.3 Å². The van der Waals surface area contributed by atoms with Crippen LogP contribution in [0, 0.1) is 5.82 Å². The highest BCUT2D eigenvalue weighted by molar-refractivity contribution is 5.84. The van der Waals surface area contributed by atoms with Crippen LogP contribution in [-0.2, 0) is 14.3 Å². The topological polar surface area (TPSA) is 76.1 Å². The van der Waals surface area contributed by atoms with E-state index >= 15 is 0 Å². The first-order valence-corrected chi connectivity index (χ1v) is 6.35. The van der Waals surface area contributed by atoms with Crippen LogP contribution in [0.2, 0.25) is 0 Å². The third kappa shape index (κ3) is 5.78. The molecule has 116 valence electrons. The fraction of sp³-hybridized carbons (Fsp3) is 0.429. The number of carboxylic acid groups (broad SMARTS) is 1. The highest BCUT2D eigenvalue weighted by atomic mass is 19.1. The number of halogens is 1. The average molecular weight is 299 g/mol. The minimum Gasteiger partial charge on any atom is -0.481 e. The zero-order valence-corrected chi connectivity index (χ0v) is 11.9. The Balaban J connectivity index is 2.67. The molecule has 0 aliphatic rings. The summed E-state index contributed by atoms with van der Waals surface area (Å²) >= 11 is 0. The predicted molar refractivity (Wildman–Crippen MR) is 72.6 cm³/mol. The second-order valence-corrected chi connectivity index (χ2v) is 4.36. The van der Waals surface area contributed by atoms with Crippen molar-refractivity contribution in [3.63, 3.8) is 0 Å². The molecule has 0 saturated heterocycles. The predicted octanol–water partition coefficient (Wildman–Crippen LogP) is 1.15. The van der Waals surface area contributed by atoms with Gasteiger partial charge in [-0.2, -0.15) is 0 Å². The van der Waals surface area contributed by atoms with Gasteiger partial charge in [0.25, 0.3) is 5.91 Å². The van der Waals surface area contributed by atoms with E-state index in [0.717, 1.165) is 4.90 Å². The molecule has 7 heteroatoms. The molecule has 0 bridgehead atoms. The number of hydrogen-bond acceptors (Lipinski definition) is 4. The number of ether oxygens (including phenoxy) is 2. The molecule has 1 atom stereocenters. The van der Waals surface area contributed by atoms with Gasteiger partial charge in [0.15, 0.2) is 6.10 Å². The molecule has 1 amide bonds. The van der Waals surface area contributed by atoms with E-state index in [0.29, 0.717) is 5.75 Å². The normalized spacial score (nSPS) is 11.8. The van der Waals surface area contributed by atoms with Crippen molar-refractivity contribution >= 4 is 11.9 Å². The summed E-state index contributed by atoms with van der Waals surface area (Å²) in [6, 6.07) is 5.23. The number of carboxylic acids is 1. The Kier molecular flexibility index (Phi) is 6.61. The molecule has 0 spiro atoms. The van der Waals surface area contributed by atoms with Crippen molar-refractivity contribution in [2.45, 2.75) is 13.0 Å². The molecule has 21 heavy (non-hydrogen) atoms. The van der Waals surface area contributed by atoms with E-state index in [4.69, 9.17) is 14.6 Å². The Morgan fingerprint density at radius 3 is 2.48 bits per heavy atom. The molecule has 6 nitrogen and oxygen atoms in total. The molecule has 1 N–H and O–H groups in total. The first kappa shape index (κ1) is 16.9. The number of amides is 1. The number of nitrogens with zero attached hydrogens (tertiary/aromatic N) is 1. The van der Waals surface area contributed by atoms with Gasteiger partial charge in [-0.1, -0.05) is 0 Å². The number of rotatable bonds is 8. The van der Waals surface area contributed by atoms with Crippen LogP contribution in [0.1, 0.15) is 6.92 Å². The molecule has 1 unspecified atom stereocenters. The van der Waals surface area contributed by atoms with Gasteiger partial charge in [0.1, 0.15) is 18.1 Å². The zero-order chi connectivity index (χ0) is 15.8. The van der Waals surface area contributed by atoms with Crippen molar-refractivity contribution in [3.05, 3.63) is 30.1 Å². The van der Waals surface area contributed by atoms with Crippen molar-refractivity contribution in [3.8, 4) is 5.75 Å². The van der Waals surface area contributed by atoms with Crippen LogP contribution in [0.15, 0.2) is 24.3 Å². The number of carbonyl (C=O) groups is 2. The Bertz CT molecular complexity index is 477. The standard InChI is InChI=1S/C14H18FNO5/c1-10(21-12-5-3-11(15)4-6-12)14(19)16(7-8-20-2)9-13(17)18/h3-6,10H,7-9H2,1-2H3,(H,17,18). The number of aliphatic carboxylic acids is 1. The lowest BCUT2D eigenvalue weighted by Crippen LogP contribution is -2.44. The molecule has 0 fully saturated rings. The number of hydrogen-bond donors (Lipinski definition) is 1. The molecule has 1 rings (SSSR count). The Morgan fingerprint density at radius 1 is 1.33 bits per heavy atom. The molecule has 0 heterocycles. The van der Waals surface area contributed by atoms with Gasteiger partial charge in [-0.3, -0.25) is 9.59 Å². The molecular formula is C14H18FNO5. The number of carbonyl (C=O) groups excluding carboxylic acids is 1. The maximum absolute atomic E-state index is 12.8. The summed E-state index contributed by atoms with van der Waals surface area (Å²) in [5.74, 6) is -1.67. The van der Waals surface area contributed by atoms with E-state index in [2.05, 4.69) is 0 Å². The smallest absolute Gasteiger partial charge is 0.323 e. The molecule has 0 radical (unpaired) electrons. The van der Waals surface area contributed by atoms with E-state index in [1.807, 2.05) is 0 Å². The van der Waals surface area contributed by atoms with Crippen molar-refractivity contribution in [2.24, 2.45) is 0 Å². The van der Waals surface area contributed by atoms with E-state index in [9.17, 15) is 14.0 Å². The molecule has 1 aromatic rings.